The number of rotatable bonds is 6. The lowest BCUT2D eigenvalue weighted by Crippen LogP contribution is -2.47. The van der Waals surface area contributed by atoms with Gasteiger partial charge in [-0.15, -0.1) is 0 Å². The van der Waals surface area contributed by atoms with E-state index in [1.54, 1.807) is 21.3 Å². The maximum atomic E-state index is 5.45. The quantitative estimate of drug-likeness (QED) is 0.858. The number of ether oxygens (including phenoxy) is 3. The number of methoxy groups -OCH3 is 3. The van der Waals surface area contributed by atoms with Crippen molar-refractivity contribution in [1.82, 2.24) is 5.32 Å². The first-order chi connectivity index (χ1) is 9.11. The van der Waals surface area contributed by atoms with Gasteiger partial charge in [0.1, 0.15) is 17.2 Å². The van der Waals surface area contributed by atoms with Gasteiger partial charge in [-0.3, -0.25) is 0 Å². The topological polar surface area (TPSA) is 39.7 Å². The standard InChI is InChI=1S/C15H23NO3/c1-15(6-5-7-15)16-10-12-13(18-3)8-11(17-2)9-14(12)19-4/h8-9,16H,5-7,10H2,1-4H3. The smallest absolute Gasteiger partial charge is 0.130 e. The predicted molar refractivity (Wildman–Crippen MR) is 75.2 cm³/mol. The zero-order valence-corrected chi connectivity index (χ0v) is 12.2. The molecule has 0 heterocycles. The molecule has 0 atom stereocenters. The van der Waals surface area contributed by atoms with E-state index in [1.807, 2.05) is 12.1 Å². The van der Waals surface area contributed by atoms with Crippen LogP contribution in [0.25, 0.3) is 0 Å². The summed E-state index contributed by atoms with van der Waals surface area (Å²) in [7, 11) is 4.98. The molecule has 2 rings (SSSR count). The molecule has 0 bridgehead atoms. The first-order valence-corrected chi connectivity index (χ1v) is 6.66. The summed E-state index contributed by atoms with van der Waals surface area (Å²) >= 11 is 0. The molecule has 0 aliphatic heterocycles. The van der Waals surface area contributed by atoms with E-state index in [9.17, 15) is 0 Å². The lowest BCUT2D eigenvalue weighted by molar-refractivity contribution is 0.205. The fraction of sp³-hybridized carbons (Fsp3) is 0.600. The molecule has 106 valence electrons. The van der Waals surface area contributed by atoms with Crippen LogP contribution in [0.3, 0.4) is 0 Å². The largest absolute Gasteiger partial charge is 0.496 e. The zero-order valence-electron chi connectivity index (χ0n) is 12.2. The van der Waals surface area contributed by atoms with Crippen LogP contribution in [-0.4, -0.2) is 26.9 Å². The normalized spacial score (nSPS) is 16.6. The Balaban J connectivity index is 2.21. The Morgan fingerprint density at radius 2 is 1.63 bits per heavy atom. The van der Waals surface area contributed by atoms with Gasteiger partial charge in [-0.05, 0) is 26.2 Å². The summed E-state index contributed by atoms with van der Waals surface area (Å²) in [4.78, 5) is 0. The monoisotopic (exact) mass is 265 g/mol. The second-order valence-electron chi connectivity index (χ2n) is 5.28. The Kier molecular flexibility index (Phi) is 4.20. The molecule has 0 saturated heterocycles. The molecule has 1 aliphatic carbocycles. The van der Waals surface area contributed by atoms with E-state index < -0.39 is 0 Å². The van der Waals surface area contributed by atoms with Crippen molar-refractivity contribution in [3.05, 3.63) is 17.7 Å². The summed E-state index contributed by atoms with van der Waals surface area (Å²) in [6, 6.07) is 3.78. The summed E-state index contributed by atoms with van der Waals surface area (Å²) < 4.78 is 16.1. The lowest BCUT2D eigenvalue weighted by atomic mass is 9.78. The van der Waals surface area contributed by atoms with Gasteiger partial charge in [-0.1, -0.05) is 0 Å². The Bertz CT molecular complexity index is 416. The number of benzene rings is 1. The highest BCUT2D eigenvalue weighted by Crippen LogP contribution is 2.36. The Morgan fingerprint density at radius 1 is 1.05 bits per heavy atom. The van der Waals surface area contributed by atoms with Gasteiger partial charge in [0.05, 0.1) is 26.9 Å². The van der Waals surface area contributed by atoms with E-state index in [0.29, 0.717) is 0 Å². The molecule has 1 fully saturated rings. The van der Waals surface area contributed by atoms with Gasteiger partial charge in [0.25, 0.3) is 0 Å². The van der Waals surface area contributed by atoms with Crippen molar-refractivity contribution in [3.63, 3.8) is 0 Å². The van der Waals surface area contributed by atoms with Gasteiger partial charge in [0.15, 0.2) is 0 Å². The molecule has 1 aromatic carbocycles. The van der Waals surface area contributed by atoms with Crippen LogP contribution in [0, 0.1) is 0 Å². The van der Waals surface area contributed by atoms with E-state index >= 15 is 0 Å². The van der Waals surface area contributed by atoms with Crippen molar-refractivity contribution in [2.24, 2.45) is 0 Å². The third kappa shape index (κ3) is 2.95. The first kappa shape index (κ1) is 14.0. The van der Waals surface area contributed by atoms with Crippen LogP contribution in [-0.2, 0) is 6.54 Å². The highest BCUT2D eigenvalue weighted by atomic mass is 16.5. The maximum Gasteiger partial charge on any atom is 0.130 e. The molecule has 1 aromatic rings. The van der Waals surface area contributed by atoms with Gasteiger partial charge in [-0.25, -0.2) is 0 Å². The molecular formula is C15H23NO3. The highest BCUT2D eigenvalue weighted by Gasteiger charge is 2.31. The minimum Gasteiger partial charge on any atom is -0.496 e. The van der Waals surface area contributed by atoms with Gasteiger partial charge < -0.3 is 19.5 Å². The average Bonchev–Trinajstić information content (AvgIpc) is 2.41. The molecule has 4 heteroatoms. The predicted octanol–water partition coefficient (Wildman–Crippen LogP) is 2.74. The summed E-state index contributed by atoms with van der Waals surface area (Å²) in [5, 5.41) is 3.60. The molecule has 1 N–H and O–H groups in total. The lowest BCUT2D eigenvalue weighted by Gasteiger charge is -2.39. The Labute approximate surface area is 115 Å². The van der Waals surface area contributed by atoms with Crippen LogP contribution in [0.15, 0.2) is 12.1 Å². The van der Waals surface area contributed by atoms with Crippen molar-refractivity contribution >= 4 is 0 Å². The van der Waals surface area contributed by atoms with Crippen LogP contribution in [0.2, 0.25) is 0 Å². The van der Waals surface area contributed by atoms with Crippen molar-refractivity contribution in [2.75, 3.05) is 21.3 Å². The summed E-state index contributed by atoms with van der Waals surface area (Å²) in [5.74, 6) is 2.34. The van der Waals surface area contributed by atoms with Crippen LogP contribution in [0.5, 0.6) is 17.2 Å². The van der Waals surface area contributed by atoms with Gasteiger partial charge in [0, 0.05) is 24.2 Å². The molecule has 1 saturated carbocycles. The number of hydrogen-bond donors (Lipinski definition) is 1. The molecule has 0 aromatic heterocycles. The van der Waals surface area contributed by atoms with E-state index in [4.69, 9.17) is 14.2 Å². The molecule has 0 radical (unpaired) electrons. The van der Waals surface area contributed by atoms with E-state index in [0.717, 1.165) is 29.4 Å². The molecule has 0 unspecified atom stereocenters. The van der Waals surface area contributed by atoms with Gasteiger partial charge in [0.2, 0.25) is 0 Å². The molecule has 0 spiro atoms. The molecule has 19 heavy (non-hydrogen) atoms. The zero-order chi connectivity index (χ0) is 13.9. The van der Waals surface area contributed by atoms with Gasteiger partial charge in [-0.2, -0.15) is 0 Å². The van der Waals surface area contributed by atoms with Gasteiger partial charge >= 0.3 is 0 Å². The SMILES string of the molecule is COc1cc(OC)c(CNC2(C)CCC2)c(OC)c1. The molecule has 4 nitrogen and oxygen atoms in total. The minimum absolute atomic E-state index is 0.260. The van der Waals surface area contributed by atoms with E-state index in [-0.39, 0.29) is 5.54 Å². The summed E-state index contributed by atoms with van der Waals surface area (Å²) in [5.41, 5.74) is 1.30. The first-order valence-electron chi connectivity index (χ1n) is 6.66. The number of nitrogens with one attached hydrogen (secondary N) is 1. The number of hydrogen-bond acceptors (Lipinski definition) is 4. The third-order valence-electron chi connectivity index (χ3n) is 3.97. The minimum atomic E-state index is 0.260. The van der Waals surface area contributed by atoms with Crippen LogP contribution >= 0.6 is 0 Å². The van der Waals surface area contributed by atoms with E-state index in [2.05, 4.69) is 12.2 Å². The molecular weight excluding hydrogens is 242 g/mol. The second-order valence-corrected chi connectivity index (χ2v) is 5.28. The fourth-order valence-electron chi connectivity index (χ4n) is 2.44. The van der Waals surface area contributed by atoms with Crippen LogP contribution in [0.1, 0.15) is 31.7 Å². The third-order valence-corrected chi connectivity index (χ3v) is 3.97. The van der Waals surface area contributed by atoms with Crippen LogP contribution in [0.4, 0.5) is 0 Å². The maximum absolute atomic E-state index is 5.45. The second kappa shape index (κ2) is 5.70. The Morgan fingerprint density at radius 3 is 2.00 bits per heavy atom. The van der Waals surface area contributed by atoms with Crippen LogP contribution < -0.4 is 19.5 Å². The summed E-state index contributed by atoms with van der Waals surface area (Å²) in [6.07, 6.45) is 3.77. The van der Waals surface area contributed by atoms with Crippen molar-refractivity contribution < 1.29 is 14.2 Å². The Hall–Kier alpha value is -1.42. The van der Waals surface area contributed by atoms with Crippen molar-refractivity contribution in [1.29, 1.82) is 0 Å². The van der Waals surface area contributed by atoms with Crippen molar-refractivity contribution in [2.45, 2.75) is 38.3 Å². The molecule has 1 aliphatic rings. The van der Waals surface area contributed by atoms with Crippen molar-refractivity contribution in [3.8, 4) is 17.2 Å². The van der Waals surface area contributed by atoms with E-state index in [1.165, 1.54) is 19.3 Å². The highest BCUT2D eigenvalue weighted by molar-refractivity contribution is 5.50. The summed E-state index contributed by atoms with van der Waals surface area (Å²) in [6.45, 7) is 3.01. The fourth-order valence-corrected chi connectivity index (χ4v) is 2.44. The molecule has 0 amide bonds. The average molecular weight is 265 g/mol.